The van der Waals surface area contributed by atoms with Crippen molar-refractivity contribution < 1.29 is 12.8 Å². The standard InChI is InChI=1S/C15H16FNO2S/c1-11-6-5-7-13(10-11)12(2)17-20(18,19)15-9-4-3-8-14(15)16/h3-10,12,17H,1-2H3. The summed E-state index contributed by atoms with van der Waals surface area (Å²) in [6, 6.07) is 12.4. The molecule has 0 heterocycles. The molecule has 5 heteroatoms. The molecule has 0 aliphatic carbocycles. The molecule has 1 atom stereocenters. The van der Waals surface area contributed by atoms with Crippen LogP contribution in [0.5, 0.6) is 0 Å². The maximum absolute atomic E-state index is 13.6. The maximum Gasteiger partial charge on any atom is 0.244 e. The second kappa shape index (κ2) is 5.73. The van der Waals surface area contributed by atoms with E-state index in [1.165, 1.54) is 18.2 Å². The van der Waals surface area contributed by atoms with E-state index in [2.05, 4.69) is 4.72 Å². The SMILES string of the molecule is Cc1cccc(C(C)NS(=O)(=O)c2ccccc2F)c1. The van der Waals surface area contributed by atoms with Crippen LogP contribution in [0.4, 0.5) is 4.39 Å². The number of rotatable bonds is 4. The molecular formula is C15H16FNO2S. The minimum absolute atomic E-state index is 0.334. The fourth-order valence-electron chi connectivity index (χ4n) is 1.97. The monoisotopic (exact) mass is 293 g/mol. The van der Waals surface area contributed by atoms with Crippen molar-refractivity contribution in [2.24, 2.45) is 0 Å². The smallest absolute Gasteiger partial charge is 0.207 e. The van der Waals surface area contributed by atoms with Gasteiger partial charge in [-0.25, -0.2) is 17.5 Å². The third-order valence-corrected chi connectivity index (χ3v) is 4.57. The first-order chi connectivity index (χ1) is 9.40. The normalized spacial score (nSPS) is 13.2. The Labute approximate surface area is 118 Å². The summed E-state index contributed by atoms with van der Waals surface area (Å²) in [6.45, 7) is 3.66. The van der Waals surface area contributed by atoms with Gasteiger partial charge in [0.1, 0.15) is 10.7 Å². The van der Waals surface area contributed by atoms with Crippen LogP contribution in [0.15, 0.2) is 53.4 Å². The number of nitrogens with one attached hydrogen (secondary N) is 1. The quantitative estimate of drug-likeness (QED) is 0.941. The Kier molecular flexibility index (Phi) is 4.20. The highest BCUT2D eigenvalue weighted by Crippen LogP contribution is 2.19. The van der Waals surface area contributed by atoms with Gasteiger partial charge >= 0.3 is 0 Å². The number of sulfonamides is 1. The summed E-state index contributed by atoms with van der Waals surface area (Å²) in [5.74, 6) is -0.753. The first kappa shape index (κ1) is 14.7. The second-order valence-electron chi connectivity index (χ2n) is 4.69. The molecule has 0 amide bonds. The molecule has 0 fully saturated rings. The van der Waals surface area contributed by atoms with Crippen LogP contribution in [0.2, 0.25) is 0 Å². The van der Waals surface area contributed by atoms with Crippen molar-refractivity contribution in [1.29, 1.82) is 0 Å². The van der Waals surface area contributed by atoms with E-state index in [1.807, 2.05) is 31.2 Å². The van der Waals surface area contributed by atoms with Gasteiger partial charge in [-0.1, -0.05) is 42.0 Å². The molecule has 3 nitrogen and oxygen atoms in total. The minimum atomic E-state index is -3.88. The van der Waals surface area contributed by atoms with E-state index in [9.17, 15) is 12.8 Å². The van der Waals surface area contributed by atoms with E-state index < -0.39 is 21.9 Å². The Morgan fingerprint density at radius 3 is 2.45 bits per heavy atom. The molecule has 0 bridgehead atoms. The molecule has 2 rings (SSSR count). The van der Waals surface area contributed by atoms with Crippen LogP contribution in [0.3, 0.4) is 0 Å². The van der Waals surface area contributed by atoms with Gasteiger partial charge in [-0.05, 0) is 31.5 Å². The predicted octanol–water partition coefficient (Wildman–Crippen LogP) is 3.17. The van der Waals surface area contributed by atoms with Crippen LogP contribution in [0.1, 0.15) is 24.1 Å². The number of hydrogen-bond donors (Lipinski definition) is 1. The van der Waals surface area contributed by atoms with Crippen LogP contribution < -0.4 is 4.72 Å². The third kappa shape index (κ3) is 3.23. The van der Waals surface area contributed by atoms with Gasteiger partial charge in [0.2, 0.25) is 10.0 Å². The first-order valence-corrected chi connectivity index (χ1v) is 7.72. The van der Waals surface area contributed by atoms with Gasteiger partial charge in [-0.15, -0.1) is 0 Å². The summed E-state index contributed by atoms with van der Waals surface area (Å²) in [5, 5.41) is 0. The van der Waals surface area contributed by atoms with Crippen LogP contribution in [-0.2, 0) is 10.0 Å². The molecule has 0 aromatic heterocycles. The summed E-state index contributed by atoms with van der Waals surface area (Å²) in [6.07, 6.45) is 0. The number of halogens is 1. The summed E-state index contributed by atoms with van der Waals surface area (Å²) < 4.78 is 40.4. The summed E-state index contributed by atoms with van der Waals surface area (Å²) >= 11 is 0. The molecule has 0 aliphatic heterocycles. The van der Waals surface area contributed by atoms with Crippen molar-refractivity contribution in [3.05, 3.63) is 65.5 Å². The number of aryl methyl sites for hydroxylation is 1. The lowest BCUT2D eigenvalue weighted by atomic mass is 10.1. The Morgan fingerprint density at radius 1 is 1.10 bits per heavy atom. The van der Waals surface area contributed by atoms with E-state index in [4.69, 9.17) is 0 Å². The predicted molar refractivity (Wildman–Crippen MR) is 76.3 cm³/mol. The van der Waals surface area contributed by atoms with Crippen molar-refractivity contribution in [2.75, 3.05) is 0 Å². The van der Waals surface area contributed by atoms with Gasteiger partial charge in [0.15, 0.2) is 0 Å². The van der Waals surface area contributed by atoms with Crippen molar-refractivity contribution >= 4 is 10.0 Å². The second-order valence-corrected chi connectivity index (χ2v) is 6.37. The Balaban J connectivity index is 2.27. The van der Waals surface area contributed by atoms with Crippen LogP contribution in [0.25, 0.3) is 0 Å². The lowest BCUT2D eigenvalue weighted by Crippen LogP contribution is -2.27. The molecular weight excluding hydrogens is 277 g/mol. The highest BCUT2D eigenvalue weighted by Gasteiger charge is 2.21. The van der Waals surface area contributed by atoms with Gasteiger partial charge in [0, 0.05) is 6.04 Å². The fraction of sp³-hybridized carbons (Fsp3) is 0.200. The Bertz CT molecular complexity index is 713. The molecule has 106 valence electrons. The molecule has 1 unspecified atom stereocenters. The zero-order valence-corrected chi connectivity index (χ0v) is 12.1. The average Bonchev–Trinajstić information content (AvgIpc) is 2.38. The number of benzene rings is 2. The highest BCUT2D eigenvalue weighted by molar-refractivity contribution is 7.89. The highest BCUT2D eigenvalue weighted by atomic mass is 32.2. The van der Waals surface area contributed by atoms with E-state index in [1.54, 1.807) is 6.92 Å². The number of hydrogen-bond acceptors (Lipinski definition) is 2. The summed E-state index contributed by atoms with van der Waals surface area (Å²) in [7, 11) is -3.88. The first-order valence-electron chi connectivity index (χ1n) is 6.23. The topological polar surface area (TPSA) is 46.2 Å². The maximum atomic E-state index is 13.6. The molecule has 2 aromatic carbocycles. The molecule has 0 aliphatic rings. The molecule has 0 saturated heterocycles. The molecule has 0 spiro atoms. The van der Waals surface area contributed by atoms with Gasteiger partial charge in [-0.2, -0.15) is 0 Å². The van der Waals surface area contributed by atoms with Gasteiger partial charge in [0.25, 0.3) is 0 Å². The Morgan fingerprint density at radius 2 is 1.80 bits per heavy atom. The van der Waals surface area contributed by atoms with E-state index in [0.29, 0.717) is 0 Å². The lowest BCUT2D eigenvalue weighted by molar-refractivity contribution is 0.547. The van der Waals surface area contributed by atoms with Crippen molar-refractivity contribution in [2.45, 2.75) is 24.8 Å². The van der Waals surface area contributed by atoms with Crippen LogP contribution >= 0.6 is 0 Å². The van der Waals surface area contributed by atoms with Crippen molar-refractivity contribution in [3.8, 4) is 0 Å². The lowest BCUT2D eigenvalue weighted by Gasteiger charge is -2.15. The average molecular weight is 293 g/mol. The zero-order valence-electron chi connectivity index (χ0n) is 11.3. The third-order valence-electron chi connectivity index (χ3n) is 3.00. The molecule has 20 heavy (non-hydrogen) atoms. The van der Waals surface area contributed by atoms with Gasteiger partial charge < -0.3 is 0 Å². The molecule has 2 aromatic rings. The Hall–Kier alpha value is -1.72. The van der Waals surface area contributed by atoms with E-state index in [0.717, 1.165) is 17.2 Å². The fourth-order valence-corrected chi connectivity index (χ4v) is 3.28. The zero-order chi connectivity index (χ0) is 14.8. The molecule has 0 saturated carbocycles. The molecule has 1 N–H and O–H groups in total. The minimum Gasteiger partial charge on any atom is -0.207 e. The van der Waals surface area contributed by atoms with Crippen LogP contribution in [-0.4, -0.2) is 8.42 Å². The van der Waals surface area contributed by atoms with Crippen LogP contribution in [0, 0.1) is 12.7 Å². The van der Waals surface area contributed by atoms with Gasteiger partial charge in [0.05, 0.1) is 0 Å². The summed E-state index contributed by atoms with van der Waals surface area (Å²) in [4.78, 5) is -0.334. The molecule has 0 radical (unpaired) electrons. The largest absolute Gasteiger partial charge is 0.244 e. The van der Waals surface area contributed by atoms with Gasteiger partial charge in [-0.3, -0.25) is 0 Å². The van der Waals surface area contributed by atoms with E-state index in [-0.39, 0.29) is 4.90 Å². The van der Waals surface area contributed by atoms with Crippen molar-refractivity contribution in [1.82, 2.24) is 4.72 Å². The van der Waals surface area contributed by atoms with Crippen molar-refractivity contribution in [3.63, 3.8) is 0 Å². The summed E-state index contributed by atoms with van der Waals surface area (Å²) in [5.41, 5.74) is 1.88. The van der Waals surface area contributed by atoms with E-state index >= 15 is 0 Å².